The molecule has 34 heavy (non-hydrogen) atoms. The number of nitrogens with two attached hydrogens (primary N) is 1. The zero-order valence-corrected chi connectivity index (χ0v) is 22.5. The Morgan fingerprint density at radius 1 is 1.03 bits per heavy atom. The average Bonchev–Trinajstić information content (AvgIpc) is 2.80. The molecule has 0 saturated heterocycles. The minimum atomic E-state index is 0. The first-order chi connectivity index (χ1) is 15.5. The number of methoxy groups -OCH3 is 2. The van der Waals surface area contributed by atoms with Crippen molar-refractivity contribution in [1.82, 2.24) is 5.32 Å². The van der Waals surface area contributed by atoms with E-state index < -0.39 is 0 Å². The number of rotatable bonds is 12. The summed E-state index contributed by atoms with van der Waals surface area (Å²) in [5.74, 6) is 2.22. The van der Waals surface area contributed by atoms with Gasteiger partial charge in [0.25, 0.3) is 0 Å². The topological polar surface area (TPSA) is 76.7 Å². The minimum absolute atomic E-state index is 0. The Bertz CT molecular complexity index is 883. The predicted molar refractivity (Wildman–Crippen MR) is 146 cm³/mol. The maximum atomic E-state index is 9.48. The third kappa shape index (κ3) is 8.10. The molecule has 5 nitrogen and oxygen atoms in total. The van der Waals surface area contributed by atoms with Gasteiger partial charge in [-0.2, -0.15) is 0 Å². The zero-order chi connectivity index (χ0) is 22.9. The van der Waals surface area contributed by atoms with Gasteiger partial charge in [0.1, 0.15) is 5.75 Å². The van der Waals surface area contributed by atoms with Crippen molar-refractivity contribution < 1.29 is 14.6 Å². The quantitative estimate of drug-likeness (QED) is 0.290. The summed E-state index contributed by atoms with van der Waals surface area (Å²) in [6, 6.07) is 9.82. The van der Waals surface area contributed by atoms with E-state index in [1.54, 1.807) is 20.3 Å². The van der Waals surface area contributed by atoms with Gasteiger partial charge in [-0.15, -0.1) is 24.8 Å². The number of halogens is 3. The molecule has 2 unspecified atom stereocenters. The number of nitrogens with one attached hydrogen (secondary N) is 1. The number of benzene rings is 2. The summed E-state index contributed by atoms with van der Waals surface area (Å²) in [5.41, 5.74) is 10.3. The number of aromatic hydroxyl groups is 1. The second kappa shape index (κ2) is 15.6. The zero-order valence-electron chi connectivity index (χ0n) is 20.1. The fourth-order valence-electron chi connectivity index (χ4n) is 4.76. The summed E-state index contributed by atoms with van der Waals surface area (Å²) in [5, 5.41) is 13.4. The van der Waals surface area contributed by atoms with Crippen molar-refractivity contribution in [2.24, 2.45) is 5.73 Å². The first-order valence-electron chi connectivity index (χ1n) is 11.7. The van der Waals surface area contributed by atoms with Crippen LogP contribution in [0.3, 0.4) is 0 Å². The largest absolute Gasteiger partial charge is 0.506 e. The normalized spacial score (nSPS) is 16.7. The van der Waals surface area contributed by atoms with Crippen molar-refractivity contribution in [2.45, 2.75) is 63.3 Å². The molecule has 2 aromatic carbocycles. The summed E-state index contributed by atoms with van der Waals surface area (Å²) in [4.78, 5) is 0. The number of hydrogen-bond donors (Lipinski definition) is 3. The SMILES string of the molecule is COc1ccc2c(c1OC)CCC(N)C2CCCCCCNCCc1ccc(O)c(Cl)c1.Cl.Cl. The van der Waals surface area contributed by atoms with Gasteiger partial charge in [-0.1, -0.05) is 43.0 Å². The minimum Gasteiger partial charge on any atom is -0.506 e. The summed E-state index contributed by atoms with van der Waals surface area (Å²) in [6.45, 7) is 1.94. The number of fused-ring (bicyclic) bond motifs is 1. The lowest BCUT2D eigenvalue weighted by Gasteiger charge is -2.32. The van der Waals surface area contributed by atoms with Gasteiger partial charge in [0, 0.05) is 11.6 Å². The van der Waals surface area contributed by atoms with E-state index in [0.29, 0.717) is 10.9 Å². The molecule has 192 valence electrons. The monoisotopic (exact) mass is 532 g/mol. The Morgan fingerprint density at radius 2 is 1.79 bits per heavy atom. The van der Waals surface area contributed by atoms with Gasteiger partial charge < -0.3 is 25.6 Å². The molecule has 0 heterocycles. The number of hydrogen-bond acceptors (Lipinski definition) is 5. The first-order valence-corrected chi connectivity index (χ1v) is 12.1. The molecule has 0 bridgehead atoms. The van der Waals surface area contributed by atoms with Crippen LogP contribution in [0, 0.1) is 0 Å². The Hall–Kier alpha value is -1.37. The van der Waals surface area contributed by atoms with E-state index in [-0.39, 0.29) is 36.6 Å². The van der Waals surface area contributed by atoms with Gasteiger partial charge in [-0.05, 0) is 80.4 Å². The van der Waals surface area contributed by atoms with E-state index in [1.165, 1.54) is 36.8 Å². The highest BCUT2D eigenvalue weighted by Gasteiger charge is 2.29. The van der Waals surface area contributed by atoms with Gasteiger partial charge in [-0.3, -0.25) is 0 Å². The number of ether oxygens (including phenoxy) is 2. The number of phenols is 1. The molecule has 2 atom stereocenters. The summed E-state index contributed by atoms with van der Waals surface area (Å²) < 4.78 is 11.1. The van der Waals surface area contributed by atoms with Crippen LogP contribution < -0.4 is 20.5 Å². The van der Waals surface area contributed by atoms with E-state index in [9.17, 15) is 5.11 Å². The Labute approximate surface area is 221 Å². The van der Waals surface area contributed by atoms with Crippen LogP contribution in [0.15, 0.2) is 30.3 Å². The second-order valence-electron chi connectivity index (χ2n) is 8.67. The van der Waals surface area contributed by atoms with Crippen LogP contribution in [0.1, 0.15) is 61.1 Å². The van der Waals surface area contributed by atoms with Crippen molar-refractivity contribution in [3.05, 3.63) is 52.0 Å². The van der Waals surface area contributed by atoms with Crippen molar-refractivity contribution in [2.75, 3.05) is 27.3 Å². The lowest BCUT2D eigenvalue weighted by Crippen LogP contribution is -2.33. The van der Waals surface area contributed by atoms with Crippen LogP contribution in [0.5, 0.6) is 17.2 Å². The molecule has 0 aliphatic heterocycles. The maximum Gasteiger partial charge on any atom is 0.164 e. The van der Waals surface area contributed by atoms with Crippen molar-refractivity contribution in [3.63, 3.8) is 0 Å². The molecule has 0 spiro atoms. The summed E-state index contributed by atoms with van der Waals surface area (Å²) >= 11 is 5.96. The van der Waals surface area contributed by atoms with E-state index in [4.69, 9.17) is 26.8 Å². The smallest absolute Gasteiger partial charge is 0.164 e. The van der Waals surface area contributed by atoms with Crippen LogP contribution in [0.2, 0.25) is 5.02 Å². The van der Waals surface area contributed by atoms with E-state index in [2.05, 4.69) is 11.4 Å². The molecule has 1 aliphatic carbocycles. The van der Waals surface area contributed by atoms with E-state index >= 15 is 0 Å². The molecule has 3 rings (SSSR count). The van der Waals surface area contributed by atoms with Crippen molar-refractivity contribution >= 4 is 36.4 Å². The maximum absolute atomic E-state index is 9.48. The number of phenolic OH excluding ortho intramolecular Hbond substituents is 1. The highest BCUT2D eigenvalue weighted by atomic mass is 35.5. The van der Waals surface area contributed by atoms with Gasteiger partial charge in [-0.25, -0.2) is 0 Å². The Balaban J connectivity index is 0.00000289. The van der Waals surface area contributed by atoms with Gasteiger partial charge in [0.2, 0.25) is 0 Å². The third-order valence-corrected chi connectivity index (χ3v) is 6.85. The number of unbranched alkanes of at least 4 members (excludes halogenated alkanes) is 3. The standard InChI is InChI=1S/C26H37ClN2O3.2ClH/c1-31-25-13-10-19-20(23(28)11-9-21(19)26(25)32-2)7-5-3-4-6-15-29-16-14-18-8-12-24(30)22(27)17-18;;/h8,10,12-13,17,20,23,29-30H,3-7,9,11,14-16,28H2,1-2H3;2*1H. The Kier molecular flexibility index (Phi) is 14.1. The average molecular weight is 534 g/mol. The molecule has 8 heteroatoms. The molecule has 0 saturated carbocycles. The van der Waals surface area contributed by atoms with Crippen LogP contribution >= 0.6 is 36.4 Å². The van der Waals surface area contributed by atoms with E-state index in [0.717, 1.165) is 55.8 Å². The predicted octanol–water partition coefficient (Wildman–Crippen LogP) is 6.05. The Morgan fingerprint density at radius 3 is 2.50 bits per heavy atom. The fourth-order valence-corrected chi connectivity index (χ4v) is 4.96. The lowest BCUT2D eigenvalue weighted by molar-refractivity contribution is 0.343. The molecular formula is C26H39Cl3N2O3. The molecule has 1 aliphatic rings. The molecule has 0 radical (unpaired) electrons. The van der Waals surface area contributed by atoms with Crippen LogP contribution in [-0.4, -0.2) is 38.5 Å². The van der Waals surface area contributed by atoms with Crippen LogP contribution in [0.4, 0.5) is 0 Å². The van der Waals surface area contributed by atoms with Crippen molar-refractivity contribution in [1.29, 1.82) is 0 Å². The third-order valence-electron chi connectivity index (χ3n) is 6.55. The van der Waals surface area contributed by atoms with Gasteiger partial charge in [0.15, 0.2) is 11.5 Å². The van der Waals surface area contributed by atoms with E-state index in [1.807, 2.05) is 18.2 Å². The molecule has 0 aromatic heterocycles. The molecular weight excluding hydrogens is 495 g/mol. The molecule has 2 aromatic rings. The summed E-state index contributed by atoms with van der Waals surface area (Å²) in [6.07, 6.45) is 8.80. The molecule has 0 fully saturated rings. The van der Waals surface area contributed by atoms with Gasteiger partial charge >= 0.3 is 0 Å². The van der Waals surface area contributed by atoms with Crippen LogP contribution in [0.25, 0.3) is 0 Å². The van der Waals surface area contributed by atoms with Crippen molar-refractivity contribution in [3.8, 4) is 17.2 Å². The first kappa shape index (κ1) is 30.7. The highest BCUT2D eigenvalue weighted by Crippen LogP contribution is 2.43. The molecule has 4 N–H and O–H groups in total. The fraction of sp³-hybridized carbons (Fsp3) is 0.538. The van der Waals surface area contributed by atoms with Crippen LogP contribution in [-0.2, 0) is 12.8 Å². The highest BCUT2D eigenvalue weighted by molar-refractivity contribution is 6.32. The van der Waals surface area contributed by atoms with Gasteiger partial charge in [0.05, 0.1) is 19.2 Å². The lowest BCUT2D eigenvalue weighted by atomic mass is 9.76. The summed E-state index contributed by atoms with van der Waals surface area (Å²) in [7, 11) is 3.41. The molecule has 0 amide bonds. The second-order valence-corrected chi connectivity index (χ2v) is 9.07.